The zero-order chi connectivity index (χ0) is 20.3. The number of aromatic nitrogens is 2. The van der Waals surface area contributed by atoms with Crippen molar-refractivity contribution < 1.29 is 14.1 Å². The lowest BCUT2D eigenvalue weighted by molar-refractivity contribution is -0.385. The minimum absolute atomic E-state index is 0.0426. The smallest absolute Gasteiger partial charge is 0.274 e. The Balaban J connectivity index is 1.94. The van der Waals surface area contributed by atoms with Gasteiger partial charge in [0.1, 0.15) is 11.5 Å². The Hall–Kier alpha value is -3.20. The second-order valence-corrected chi connectivity index (χ2v) is 6.76. The minimum Gasteiger partial charge on any atom is -0.336 e. The Morgan fingerprint density at radius 2 is 1.93 bits per heavy atom. The summed E-state index contributed by atoms with van der Waals surface area (Å²) in [5, 5.41) is 11.8. The van der Waals surface area contributed by atoms with Gasteiger partial charge in [0.25, 0.3) is 11.6 Å². The highest BCUT2D eigenvalue weighted by Gasteiger charge is 2.23. The number of hydrogen-bond acceptors (Lipinski definition) is 5. The third-order valence-electron chi connectivity index (χ3n) is 4.16. The molecule has 7 nitrogen and oxygen atoms in total. The van der Waals surface area contributed by atoms with E-state index < -0.39 is 4.92 Å². The van der Waals surface area contributed by atoms with E-state index in [1.807, 2.05) is 6.26 Å². The van der Waals surface area contributed by atoms with Crippen LogP contribution in [0, 0.1) is 15.9 Å². The number of hydrogen-bond donors (Lipinski definition) is 0. The van der Waals surface area contributed by atoms with Crippen molar-refractivity contribution in [2.75, 3.05) is 13.3 Å². The van der Waals surface area contributed by atoms with Crippen LogP contribution in [0.5, 0.6) is 0 Å². The Morgan fingerprint density at radius 3 is 2.57 bits per heavy atom. The van der Waals surface area contributed by atoms with Gasteiger partial charge in [0, 0.05) is 24.4 Å². The number of thioether (sulfide) groups is 1. The predicted molar refractivity (Wildman–Crippen MR) is 104 cm³/mol. The van der Waals surface area contributed by atoms with E-state index in [2.05, 4.69) is 4.98 Å². The van der Waals surface area contributed by atoms with Crippen LogP contribution >= 0.6 is 11.8 Å². The highest BCUT2D eigenvalue weighted by atomic mass is 32.2. The third-order valence-corrected chi connectivity index (χ3v) is 4.81. The molecular weight excluding hydrogens is 383 g/mol. The number of imidazole rings is 1. The van der Waals surface area contributed by atoms with Crippen LogP contribution in [-0.4, -0.2) is 38.6 Å². The molecule has 0 aliphatic carbocycles. The van der Waals surface area contributed by atoms with Crippen molar-refractivity contribution in [3.05, 3.63) is 81.9 Å². The van der Waals surface area contributed by atoms with Gasteiger partial charge in [-0.15, -0.1) is 0 Å². The van der Waals surface area contributed by atoms with Gasteiger partial charge >= 0.3 is 0 Å². The lowest BCUT2D eigenvalue weighted by atomic mass is 10.1. The zero-order valence-corrected chi connectivity index (χ0v) is 16.0. The van der Waals surface area contributed by atoms with Crippen LogP contribution in [0.25, 0.3) is 5.69 Å². The minimum atomic E-state index is -0.470. The van der Waals surface area contributed by atoms with Gasteiger partial charge in [0.2, 0.25) is 0 Å². The van der Waals surface area contributed by atoms with Crippen molar-refractivity contribution in [2.24, 2.45) is 0 Å². The first-order valence-electron chi connectivity index (χ1n) is 8.27. The van der Waals surface area contributed by atoms with E-state index in [-0.39, 0.29) is 29.7 Å². The molecule has 1 aromatic heterocycles. The quantitative estimate of drug-likeness (QED) is 0.356. The molecule has 0 saturated heterocycles. The molecule has 0 radical (unpaired) electrons. The molecule has 0 N–H and O–H groups in total. The maximum Gasteiger partial charge on any atom is 0.274 e. The second-order valence-electron chi connectivity index (χ2n) is 5.99. The molecule has 0 bridgehead atoms. The molecule has 3 rings (SSSR count). The van der Waals surface area contributed by atoms with Gasteiger partial charge in [-0.25, -0.2) is 9.37 Å². The number of nitro benzene ring substituents is 1. The summed E-state index contributed by atoms with van der Waals surface area (Å²) in [6.07, 6.45) is 3.28. The molecule has 0 atom stereocenters. The van der Waals surface area contributed by atoms with E-state index in [9.17, 15) is 19.3 Å². The fraction of sp³-hybridized carbons (Fsp3) is 0.158. The number of nitrogens with zero attached hydrogens (tertiary/aromatic N) is 4. The van der Waals surface area contributed by atoms with Gasteiger partial charge in [-0.1, -0.05) is 30.0 Å². The van der Waals surface area contributed by atoms with E-state index >= 15 is 0 Å². The number of carbonyl (C=O) groups excluding carboxylic acids is 1. The van der Waals surface area contributed by atoms with E-state index in [0.717, 1.165) is 0 Å². The summed E-state index contributed by atoms with van der Waals surface area (Å²) < 4.78 is 14.9. The molecule has 0 fully saturated rings. The normalized spacial score (nSPS) is 10.7. The van der Waals surface area contributed by atoms with Crippen LogP contribution < -0.4 is 0 Å². The molecule has 144 valence electrons. The summed E-state index contributed by atoms with van der Waals surface area (Å²) in [7, 11) is 1.57. The first kappa shape index (κ1) is 19.6. The van der Waals surface area contributed by atoms with Crippen molar-refractivity contribution in [3.8, 4) is 5.69 Å². The van der Waals surface area contributed by atoms with Crippen LogP contribution in [-0.2, 0) is 6.54 Å². The monoisotopic (exact) mass is 400 g/mol. The Labute approximate surface area is 165 Å². The van der Waals surface area contributed by atoms with E-state index in [0.29, 0.717) is 16.4 Å². The first-order chi connectivity index (χ1) is 13.4. The number of carbonyl (C=O) groups is 1. The number of rotatable bonds is 6. The molecule has 2 aromatic carbocycles. The first-order valence-corrected chi connectivity index (χ1v) is 9.50. The Morgan fingerprint density at radius 1 is 1.25 bits per heavy atom. The number of nitro groups is 1. The van der Waals surface area contributed by atoms with Crippen LogP contribution in [0.1, 0.15) is 16.1 Å². The molecule has 1 amide bonds. The highest BCUT2D eigenvalue weighted by Crippen LogP contribution is 2.24. The topological polar surface area (TPSA) is 81.3 Å². The molecule has 28 heavy (non-hydrogen) atoms. The van der Waals surface area contributed by atoms with Crippen LogP contribution in [0.2, 0.25) is 0 Å². The molecular formula is C19H17FN4O3S. The van der Waals surface area contributed by atoms with Gasteiger partial charge in [-0.05, 0) is 30.5 Å². The summed E-state index contributed by atoms with van der Waals surface area (Å²) in [5.74, 6) is -0.730. The maximum atomic E-state index is 13.3. The molecule has 9 heteroatoms. The SMILES string of the molecule is CSc1ncc(C(=O)N(C)Cc2ccccc2[N+](=O)[O-])n1-c1ccc(F)cc1. The van der Waals surface area contributed by atoms with E-state index in [4.69, 9.17) is 0 Å². The summed E-state index contributed by atoms with van der Waals surface area (Å²) >= 11 is 1.35. The summed E-state index contributed by atoms with van der Waals surface area (Å²) in [4.78, 5) is 29.4. The molecule has 3 aromatic rings. The fourth-order valence-electron chi connectivity index (χ4n) is 2.81. The van der Waals surface area contributed by atoms with Gasteiger partial charge in [0.05, 0.1) is 17.7 Å². The van der Waals surface area contributed by atoms with Crippen molar-refractivity contribution >= 4 is 23.4 Å². The summed E-state index contributed by atoms with van der Waals surface area (Å²) in [5.41, 5.74) is 1.28. The van der Waals surface area contributed by atoms with E-state index in [1.165, 1.54) is 41.1 Å². The number of benzene rings is 2. The predicted octanol–water partition coefficient (Wildman–Crippen LogP) is 3.91. The van der Waals surface area contributed by atoms with Gasteiger partial charge in [-0.2, -0.15) is 0 Å². The third kappa shape index (κ3) is 3.89. The van der Waals surface area contributed by atoms with Gasteiger partial charge < -0.3 is 4.90 Å². The molecule has 0 aliphatic rings. The molecule has 0 spiro atoms. The maximum absolute atomic E-state index is 13.3. The standard InChI is InChI=1S/C19H17FN4O3S/c1-22(12-13-5-3-4-6-16(13)24(26)27)18(25)17-11-21-19(28-2)23(17)15-9-7-14(20)8-10-15/h3-11H,12H2,1-2H3. The average molecular weight is 400 g/mol. The second kappa shape index (κ2) is 8.22. The largest absolute Gasteiger partial charge is 0.336 e. The molecule has 0 unspecified atom stereocenters. The average Bonchev–Trinajstić information content (AvgIpc) is 3.12. The Kier molecular flexibility index (Phi) is 5.74. The summed E-state index contributed by atoms with van der Waals surface area (Å²) in [6.45, 7) is 0.0686. The van der Waals surface area contributed by atoms with Crippen molar-refractivity contribution in [1.29, 1.82) is 0 Å². The molecule has 1 heterocycles. The van der Waals surface area contributed by atoms with Crippen molar-refractivity contribution in [1.82, 2.24) is 14.5 Å². The number of amides is 1. The Bertz CT molecular complexity index is 1020. The van der Waals surface area contributed by atoms with Gasteiger partial charge in [-0.3, -0.25) is 19.5 Å². The highest BCUT2D eigenvalue weighted by molar-refractivity contribution is 7.98. The summed E-state index contributed by atoms with van der Waals surface area (Å²) in [6, 6.07) is 12.0. The fourth-order valence-corrected chi connectivity index (χ4v) is 3.36. The van der Waals surface area contributed by atoms with Crippen LogP contribution in [0.15, 0.2) is 59.9 Å². The van der Waals surface area contributed by atoms with Gasteiger partial charge in [0.15, 0.2) is 5.16 Å². The van der Waals surface area contributed by atoms with Crippen molar-refractivity contribution in [2.45, 2.75) is 11.7 Å². The molecule has 0 aliphatic heterocycles. The van der Waals surface area contributed by atoms with Crippen LogP contribution in [0.3, 0.4) is 0 Å². The zero-order valence-electron chi connectivity index (χ0n) is 15.2. The van der Waals surface area contributed by atoms with Crippen LogP contribution in [0.4, 0.5) is 10.1 Å². The number of para-hydroxylation sites is 1. The lowest BCUT2D eigenvalue weighted by Gasteiger charge is -2.19. The van der Waals surface area contributed by atoms with Crippen molar-refractivity contribution in [3.63, 3.8) is 0 Å². The number of halogens is 1. The lowest BCUT2D eigenvalue weighted by Crippen LogP contribution is -2.28. The molecule has 0 saturated carbocycles. The van der Waals surface area contributed by atoms with E-state index in [1.54, 1.807) is 41.9 Å².